The zero-order valence-corrected chi connectivity index (χ0v) is 12.5. The zero-order valence-electron chi connectivity index (χ0n) is 12.5. The molecule has 0 radical (unpaired) electrons. The lowest BCUT2D eigenvalue weighted by Gasteiger charge is -2.13. The van der Waals surface area contributed by atoms with Crippen LogP contribution < -0.4 is 10.1 Å². The van der Waals surface area contributed by atoms with Crippen molar-refractivity contribution in [2.24, 2.45) is 7.05 Å². The Kier molecular flexibility index (Phi) is 5.18. The molecule has 0 fully saturated rings. The Morgan fingerprint density at radius 2 is 2.05 bits per heavy atom. The van der Waals surface area contributed by atoms with E-state index in [1.165, 1.54) is 11.3 Å². The van der Waals surface area contributed by atoms with Gasteiger partial charge in [-0.1, -0.05) is 32.0 Å². The lowest BCUT2D eigenvalue weighted by Crippen LogP contribution is -2.22. The molecule has 0 spiro atoms. The minimum atomic E-state index is 0.470. The molecule has 0 aliphatic heterocycles. The van der Waals surface area contributed by atoms with Crippen LogP contribution in [0.4, 0.5) is 0 Å². The fourth-order valence-electron chi connectivity index (χ4n) is 2.02. The lowest BCUT2D eigenvalue weighted by molar-refractivity contribution is 0.314. The smallest absolute Gasteiger partial charge is 0.123 e. The first-order chi connectivity index (χ1) is 9.66. The summed E-state index contributed by atoms with van der Waals surface area (Å²) in [5.74, 6) is 0.961. The van der Waals surface area contributed by atoms with E-state index in [1.54, 1.807) is 0 Å². The normalized spacial score (nSPS) is 11.0. The number of para-hydroxylation sites is 1. The summed E-state index contributed by atoms with van der Waals surface area (Å²) < 4.78 is 7.80. The van der Waals surface area contributed by atoms with Gasteiger partial charge in [0.15, 0.2) is 0 Å². The van der Waals surface area contributed by atoms with Crippen LogP contribution in [0.15, 0.2) is 36.5 Å². The van der Waals surface area contributed by atoms with Crippen LogP contribution in [0.1, 0.15) is 25.1 Å². The molecule has 1 heterocycles. The van der Waals surface area contributed by atoms with Crippen LogP contribution in [0.2, 0.25) is 0 Å². The maximum atomic E-state index is 5.92. The van der Waals surface area contributed by atoms with Gasteiger partial charge in [-0.3, -0.25) is 4.68 Å². The summed E-state index contributed by atoms with van der Waals surface area (Å²) in [6.45, 7) is 5.79. The number of hydrogen-bond donors (Lipinski definition) is 1. The van der Waals surface area contributed by atoms with Crippen molar-refractivity contribution in [3.63, 3.8) is 0 Å². The van der Waals surface area contributed by atoms with Gasteiger partial charge in [-0.2, -0.15) is 5.10 Å². The Morgan fingerprint density at radius 3 is 2.75 bits per heavy atom. The van der Waals surface area contributed by atoms with Crippen molar-refractivity contribution >= 4 is 0 Å². The summed E-state index contributed by atoms with van der Waals surface area (Å²) in [5.41, 5.74) is 2.38. The number of nitrogens with one attached hydrogen (secondary N) is 1. The molecule has 2 rings (SSSR count). The molecule has 0 saturated carbocycles. The molecule has 4 nitrogen and oxygen atoms in total. The van der Waals surface area contributed by atoms with Gasteiger partial charge in [-0.15, -0.1) is 0 Å². The van der Waals surface area contributed by atoms with E-state index in [-0.39, 0.29) is 0 Å². The third kappa shape index (κ3) is 4.10. The van der Waals surface area contributed by atoms with Crippen molar-refractivity contribution in [1.82, 2.24) is 15.1 Å². The number of aromatic nitrogens is 2. The molecule has 108 valence electrons. The highest BCUT2D eigenvalue weighted by atomic mass is 16.5. The number of rotatable bonds is 7. The molecular formula is C16H23N3O. The number of aryl methyl sites for hydroxylation is 1. The second kappa shape index (κ2) is 7.10. The minimum Gasteiger partial charge on any atom is -0.493 e. The second-order valence-electron chi connectivity index (χ2n) is 5.19. The quantitative estimate of drug-likeness (QED) is 0.842. The standard InChI is InChI=1S/C16H23N3O/c1-13(2)17-12-14-6-4-5-7-16(14)20-11-9-15-8-10-18-19(15)3/h4-8,10,13,17H,9,11-12H2,1-3H3. The molecule has 0 saturated heterocycles. The van der Waals surface area contributed by atoms with Gasteiger partial charge in [-0.05, 0) is 12.1 Å². The fourth-order valence-corrected chi connectivity index (χ4v) is 2.02. The van der Waals surface area contributed by atoms with Gasteiger partial charge in [0, 0.05) is 43.5 Å². The topological polar surface area (TPSA) is 39.1 Å². The third-order valence-corrected chi connectivity index (χ3v) is 3.21. The molecule has 1 aromatic heterocycles. The minimum absolute atomic E-state index is 0.470. The monoisotopic (exact) mass is 273 g/mol. The first-order valence-corrected chi connectivity index (χ1v) is 7.08. The van der Waals surface area contributed by atoms with Crippen molar-refractivity contribution in [3.05, 3.63) is 47.8 Å². The molecular weight excluding hydrogens is 250 g/mol. The molecule has 4 heteroatoms. The van der Waals surface area contributed by atoms with Crippen molar-refractivity contribution in [3.8, 4) is 5.75 Å². The summed E-state index contributed by atoms with van der Waals surface area (Å²) in [6, 6.07) is 10.7. The van der Waals surface area contributed by atoms with E-state index in [0.717, 1.165) is 18.7 Å². The van der Waals surface area contributed by atoms with Crippen LogP contribution in [0.5, 0.6) is 5.75 Å². The number of hydrogen-bond acceptors (Lipinski definition) is 3. The SMILES string of the molecule is CC(C)NCc1ccccc1OCCc1ccnn1C. The number of ether oxygens (including phenoxy) is 1. The van der Waals surface area contributed by atoms with E-state index in [9.17, 15) is 0 Å². The molecule has 0 atom stereocenters. The lowest BCUT2D eigenvalue weighted by atomic mass is 10.2. The van der Waals surface area contributed by atoms with Crippen molar-refractivity contribution < 1.29 is 4.74 Å². The highest BCUT2D eigenvalue weighted by Gasteiger charge is 2.04. The average Bonchev–Trinajstić information content (AvgIpc) is 2.83. The Labute approximate surface area is 120 Å². The van der Waals surface area contributed by atoms with E-state index < -0.39 is 0 Å². The van der Waals surface area contributed by atoms with E-state index in [1.807, 2.05) is 42.2 Å². The third-order valence-electron chi connectivity index (χ3n) is 3.21. The van der Waals surface area contributed by atoms with Crippen LogP contribution in [-0.4, -0.2) is 22.4 Å². The van der Waals surface area contributed by atoms with E-state index in [4.69, 9.17) is 4.74 Å². The van der Waals surface area contributed by atoms with E-state index in [2.05, 4.69) is 30.3 Å². The maximum absolute atomic E-state index is 5.92. The molecule has 0 bridgehead atoms. The average molecular weight is 273 g/mol. The Bertz CT molecular complexity index is 534. The van der Waals surface area contributed by atoms with Gasteiger partial charge in [0.05, 0.1) is 6.61 Å². The predicted molar refractivity (Wildman–Crippen MR) is 80.8 cm³/mol. The second-order valence-corrected chi connectivity index (χ2v) is 5.19. The van der Waals surface area contributed by atoms with E-state index in [0.29, 0.717) is 12.6 Å². The molecule has 20 heavy (non-hydrogen) atoms. The summed E-state index contributed by atoms with van der Waals surface area (Å²) in [4.78, 5) is 0. The molecule has 0 unspecified atom stereocenters. The van der Waals surface area contributed by atoms with Gasteiger partial charge in [0.2, 0.25) is 0 Å². The number of benzene rings is 1. The van der Waals surface area contributed by atoms with Gasteiger partial charge < -0.3 is 10.1 Å². The van der Waals surface area contributed by atoms with Gasteiger partial charge in [-0.25, -0.2) is 0 Å². The van der Waals surface area contributed by atoms with Crippen LogP contribution >= 0.6 is 0 Å². The largest absolute Gasteiger partial charge is 0.493 e. The predicted octanol–water partition coefficient (Wildman–Crippen LogP) is 2.54. The zero-order chi connectivity index (χ0) is 14.4. The van der Waals surface area contributed by atoms with Crippen molar-refractivity contribution in [1.29, 1.82) is 0 Å². The molecule has 1 aromatic carbocycles. The van der Waals surface area contributed by atoms with Crippen molar-refractivity contribution in [2.45, 2.75) is 32.9 Å². The summed E-state index contributed by atoms with van der Waals surface area (Å²) in [5, 5.41) is 7.58. The number of nitrogens with zero attached hydrogens (tertiary/aromatic N) is 2. The Balaban J connectivity index is 1.90. The summed E-state index contributed by atoms with van der Waals surface area (Å²) in [6.07, 6.45) is 2.68. The maximum Gasteiger partial charge on any atom is 0.123 e. The van der Waals surface area contributed by atoms with Crippen LogP contribution in [0.25, 0.3) is 0 Å². The highest BCUT2D eigenvalue weighted by Crippen LogP contribution is 2.18. The molecule has 0 aliphatic rings. The van der Waals surface area contributed by atoms with Crippen LogP contribution in [0, 0.1) is 0 Å². The molecule has 1 N–H and O–H groups in total. The van der Waals surface area contributed by atoms with Crippen molar-refractivity contribution in [2.75, 3.05) is 6.61 Å². The summed E-state index contributed by atoms with van der Waals surface area (Å²) >= 11 is 0. The Hall–Kier alpha value is -1.81. The first-order valence-electron chi connectivity index (χ1n) is 7.08. The summed E-state index contributed by atoms with van der Waals surface area (Å²) in [7, 11) is 1.95. The van der Waals surface area contributed by atoms with Gasteiger partial charge in [0.25, 0.3) is 0 Å². The first kappa shape index (κ1) is 14.6. The fraction of sp³-hybridized carbons (Fsp3) is 0.438. The molecule has 2 aromatic rings. The van der Waals surface area contributed by atoms with Crippen LogP contribution in [-0.2, 0) is 20.0 Å². The molecule has 0 amide bonds. The highest BCUT2D eigenvalue weighted by molar-refractivity contribution is 5.33. The van der Waals surface area contributed by atoms with Gasteiger partial charge >= 0.3 is 0 Å². The van der Waals surface area contributed by atoms with Crippen LogP contribution in [0.3, 0.4) is 0 Å². The van der Waals surface area contributed by atoms with Gasteiger partial charge in [0.1, 0.15) is 5.75 Å². The van der Waals surface area contributed by atoms with E-state index >= 15 is 0 Å². The Morgan fingerprint density at radius 1 is 1.25 bits per heavy atom. The molecule has 0 aliphatic carbocycles.